The van der Waals surface area contributed by atoms with Gasteiger partial charge in [-0.2, -0.15) is 4.31 Å². The summed E-state index contributed by atoms with van der Waals surface area (Å²) < 4.78 is 32.1. The molecule has 13 nitrogen and oxygen atoms in total. The number of hydrogen-bond donors (Lipinski definition) is 2. The van der Waals surface area contributed by atoms with E-state index < -0.39 is 26.9 Å². The molecule has 0 unspecified atom stereocenters. The van der Waals surface area contributed by atoms with E-state index in [0.717, 1.165) is 12.1 Å². The van der Waals surface area contributed by atoms with Crippen molar-refractivity contribution in [2.45, 2.75) is 4.90 Å². The van der Waals surface area contributed by atoms with E-state index in [1.165, 1.54) is 16.4 Å². The van der Waals surface area contributed by atoms with Gasteiger partial charge < -0.3 is 19.8 Å². The summed E-state index contributed by atoms with van der Waals surface area (Å²) in [5.41, 5.74) is -0.173. The molecule has 182 valence electrons. The Bertz CT molecular complexity index is 1120. The molecular formula is C20H21N3O10S. The van der Waals surface area contributed by atoms with Gasteiger partial charge in [0.1, 0.15) is 5.75 Å². The predicted octanol–water partition coefficient (Wildman–Crippen LogP) is 0.662. The fourth-order valence-electron chi connectivity index (χ4n) is 2.82. The first-order valence-electron chi connectivity index (χ1n) is 9.69. The zero-order valence-electron chi connectivity index (χ0n) is 17.6. The lowest BCUT2D eigenvalue weighted by molar-refractivity contribution is -0.384. The molecule has 0 spiro atoms. The number of aliphatic carboxylic acids is 2. The third kappa shape index (κ3) is 7.25. The van der Waals surface area contributed by atoms with Gasteiger partial charge in [-0.25, -0.2) is 18.0 Å². The van der Waals surface area contributed by atoms with Crippen LogP contribution in [0, 0.1) is 10.1 Å². The Labute approximate surface area is 194 Å². The minimum absolute atomic E-state index is 0.00899. The highest BCUT2D eigenvalue weighted by Crippen LogP contribution is 2.21. The quantitative estimate of drug-likeness (QED) is 0.328. The summed E-state index contributed by atoms with van der Waals surface area (Å²) in [6, 6.07) is 13.7. The molecule has 0 radical (unpaired) electrons. The number of carbonyl (C=O) groups excluding carboxylic acids is 1. The van der Waals surface area contributed by atoms with Crippen LogP contribution in [0.4, 0.5) is 5.69 Å². The van der Waals surface area contributed by atoms with E-state index in [-0.39, 0.29) is 49.3 Å². The van der Waals surface area contributed by atoms with Gasteiger partial charge in [-0.3, -0.25) is 14.9 Å². The highest BCUT2D eigenvalue weighted by molar-refractivity contribution is 7.89. The molecule has 2 N–H and O–H groups in total. The second kappa shape index (κ2) is 11.7. The number of carboxylic acid groups (broad SMARTS) is 2. The largest absolute Gasteiger partial charge is 0.484 e. The lowest BCUT2D eigenvalue weighted by Gasteiger charge is -2.33. The maximum absolute atomic E-state index is 12.7. The number of nitrogens with zero attached hydrogens (tertiary/aromatic N) is 3. The summed E-state index contributed by atoms with van der Waals surface area (Å²) >= 11 is 0. The second-order valence-electron chi connectivity index (χ2n) is 6.75. The monoisotopic (exact) mass is 495 g/mol. The minimum Gasteiger partial charge on any atom is -0.484 e. The topological polar surface area (TPSA) is 185 Å². The van der Waals surface area contributed by atoms with Gasteiger partial charge in [-0.1, -0.05) is 18.2 Å². The molecule has 3 rings (SSSR count). The first-order valence-corrected chi connectivity index (χ1v) is 11.1. The molecule has 1 aliphatic rings. The molecule has 0 aromatic heterocycles. The standard InChI is InChI=1S/C18H19N3O6S.C2H2O4/c22-18(14-27-16-4-2-1-3-5-16)19-10-12-20(13-11-19)28(25,26)17-8-6-15(7-9-17)21(23)24;3-1(4)2(5)6/h1-9H,10-14H2;(H,3,4)(H,5,6). The first-order chi connectivity index (χ1) is 16.0. The highest BCUT2D eigenvalue weighted by Gasteiger charge is 2.30. The van der Waals surface area contributed by atoms with Crippen LogP contribution in [0.1, 0.15) is 0 Å². The van der Waals surface area contributed by atoms with Crippen LogP contribution in [-0.4, -0.2) is 83.4 Å². The fraction of sp³-hybridized carbons (Fsp3) is 0.250. The van der Waals surface area contributed by atoms with Gasteiger partial charge in [0.15, 0.2) is 6.61 Å². The molecule has 1 heterocycles. The molecule has 1 amide bonds. The van der Waals surface area contributed by atoms with Gasteiger partial charge in [0.25, 0.3) is 11.6 Å². The van der Waals surface area contributed by atoms with Crippen molar-refractivity contribution in [1.29, 1.82) is 0 Å². The number of para-hydroxylation sites is 1. The third-order valence-electron chi connectivity index (χ3n) is 4.57. The Morgan fingerprint density at radius 3 is 1.91 bits per heavy atom. The van der Waals surface area contributed by atoms with Gasteiger partial charge in [0, 0.05) is 38.3 Å². The Kier molecular flexibility index (Phi) is 9.03. The first kappa shape index (κ1) is 26.2. The molecule has 1 saturated heterocycles. The van der Waals surface area contributed by atoms with Crippen molar-refractivity contribution >= 4 is 33.6 Å². The SMILES string of the molecule is O=C(COc1ccccc1)N1CCN(S(=O)(=O)c2ccc([N+](=O)[O-])cc2)CC1.O=C(O)C(=O)O. The van der Waals surface area contributed by atoms with Crippen LogP contribution in [-0.2, 0) is 24.4 Å². The molecule has 2 aromatic rings. The van der Waals surface area contributed by atoms with Gasteiger partial charge in [0.05, 0.1) is 9.82 Å². The number of carboxylic acids is 2. The zero-order chi connectivity index (χ0) is 25.3. The zero-order valence-corrected chi connectivity index (χ0v) is 18.5. The number of sulfonamides is 1. The van der Waals surface area contributed by atoms with Crippen LogP contribution in [0.15, 0.2) is 59.5 Å². The van der Waals surface area contributed by atoms with Crippen molar-refractivity contribution in [3.8, 4) is 5.75 Å². The third-order valence-corrected chi connectivity index (χ3v) is 6.48. The van der Waals surface area contributed by atoms with Crippen molar-refractivity contribution in [2.24, 2.45) is 0 Å². The molecular weight excluding hydrogens is 474 g/mol. The van der Waals surface area contributed by atoms with Crippen LogP contribution in [0.25, 0.3) is 0 Å². The lowest BCUT2D eigenvalue weighted by atomic mass is 10.3. The van der Waals surface area contributed by atoms with Gasteiger partial charge in [-0.15, -0.1) is 0 Å². The van der Waals surface area contributed by atoms with E-state index in [1.54, 1.807) is 17.0 Å². The van der Waals surface area contributed by atoms with E-state index in [0.29, 0.717) is 5.75 Å². The molecule has 1 aliphatic heterocycles. The van der Waals surface area contributed by atoms with Crippen LogP contribution < -0.4 is 4.74 Å². The molecule has 0 bridgehead atoms. The second-order valence-corrected chi connectivity index (χ2v) is 8.69. The molecule has 2 aromatic carbocycles. The summed E-state index contributed by atoms with van der Waals surface area (Å²) in [6.45, 7) is 0.693. The maximum Gasteiger partial charge on any atom is 0.414 e. The summed E-state index contributed by atoms with van der Waals surface area (Å²) in [4.78, 5) is 42.1. The van der Waals surface area contributed by atoms with Crippen molar-refractivity contribution in [3.63, 3.8) is 0 Å². The predicted molar refractivity (Wildman–Crippen MR) is 116 cm³/mol. The number of ether oxygens (including phenoxy) is 1. The van der Waals surface area contributed by atoms with Crippen molar-refractivity contribution in [1.82, 2.24) is 9.21 Å². The number of amides is 1. The number of rotatable bonds is 6. The Morgan fingerprint density at radius 1 is 0.912 bits per heavy atom. The number of benzene rings is 2. The number of nitro groups is 1. The Balaban J connectivity index is 0.000000604. The minimum atomic E-state index is -3.77. The summed E-state index contributed by atoms with van der Waals surface area (Å²) in [6.07, 6.45) is 0. The Hall–Kier alpha value is -4.04. The summed E-state index contributed by atoms with van der Waals surface area (Å²) in [5.74, 6) is -3.27. The van der Waals surface area contributed by atoms with Crippen molar-refractivity contribution in [2.75, 3.05) is 32.8 Å². The fourth-order valence-corrected chi connectivity index (χ4v) is 4.24. The summed E-state index contributed by atoms with van der Waals surface area (Å²) in [7, 11) is -3.77. The molecule has 1 fully saturated rings. The molecule has 0 atom stereocenters. The number of hydrogen-bond acceptors (Lipinski definition) is 8. The molecule has 34 heavy (non-hydrogen) atoms. The van der Waals surface area contributed by atoms with Gasteiger partial charge in [0.2, 0.25) is 10.0 Å². The van der Waals surface area contributed by atoms with Crippen molar-refractivity contribution < 1.29 is 42.7 Å². The van der Waals surface area contributed by atoms with E-state index in [2.05, 4.69) is 0 Å². The van der Waals surface area contributed by atoms with E-state index in [1.807, 2.05) is 18.2 Å². The maximum atomic E-state index is 12.7. The molecule has 0 aliphatic carbocycles. The van der Waals surface area contributed by atoms with Crippen LogP contribution in [0.2, 0.25) is 0 Å². The van der Waals surface area contributed by atoms with Gasteiger partial charge in [-0.05, 0) is 24.3 Å². The van der Waals surface area contributed by atoms with E-state index in [9.17, 15) is 23.3 Å². The number of nitro benzene ring substituents is 1. The smallest absolute Gasteiger partial charge is 0.414 e. The molecule has 14 heteroatoms. The number of piperazine rings is 1. The van der Waals surface area contributed by atoms with Gasteiger partial charge >= 0.3 is 11.9 Å². The van der Waals surface area contributed by atoms with Crippen LogP contribution in [0.5, 0.6) is 5.75 Å². The van der Waals surface area contributed by atoms with Crippen LogP contribution >= 0.6 is 0 Å². The van der Waals surface area contributed by atoms with E-state index >= 15 is 0 Å². The molecule has 0 saturated carbocycles. The lowest BCUT2D eigenvalue weighted by Crippen LogP contribution is -2.51. The summed E-state index contributed by atoms with van der Waals surface area (Å²) in [5, 5.41) is 25.5. The average Bonchev–Trinajstić information content (AvgIpc) is 2.83. The van der Waals surface area contributed by atoms with Crippen molar-refractivity contribution in [3.05, 3.63) is 64.7 Å². The van der Waals surface area contributed by atoms with Crippen LogP contribution in [0.3, 0.4) is 0 Å². The normalized spacial score (nSPS) is 13.8. The van der Waals surface area contributed by atoms with E-state index in [4.69, 9.17) is 24.5 Å². The number of carbonyl (C=O) groups is 3. The number of non-ortho nitro benzene ring substituents is 1. The average molecular weight is 495 g/mol. The highest BCUT2D eigenvalue weighted by atomic mass is 32.2. The Morgan fingerprint density at radius 2 is 1.44 bits per heavy atom.